The molecule has 1 aliphatic heterocycles. The lowest BCUT2D eigenvalue weighted by Crippen LogP contribution is -2.40. The van der Waals surface area contributed by atoms with E-state index in [0.717, 1.165) is 44.1 Å². The molecule has 1 N–H and O–H groups in total. The van der Waals surface area contributed by atoms with Crippen molar-refractivity contribution in [2.24, 2.45) is 11.8 Å². The number of cyclic esters (lactones) is 1. The Bertz CT molecular complexity index is 944. The van der Waals surface area contributed by atoms with Gasteiger partial charge in [0.15, 0.2) is 0 Å². The Labute approximate surface area is 199 Å². The maximum Gasteiger partial charge on any atom is 0.338 e. The zero-order chi connectivity index (χ0) is 23.8. The van der Waals surface area contributed by atoms with Crippen LogP contribution in [0.5, 0.6) is 0 Å². The molecule has 1 heterocycles. The molecule has 0 spiro atoms. The van der Waals surface area contributed by atoms with Gasteiger partial charge in [0.05, 0.1) is 5.57 Å². The van der Waals surface area contributed by atoms with Crippen molar-refractivity contribution in [3.8, 4) is 0 Å². The van der Waals surface area contributed by atoms with E-state index in [0.29, 0.717) is 24.3 Å². The van der Waals surface area contributed by atoms with Gasteiger partial charge in [-0.2, -0.15) is 0 Å². The topological polar surface area (TPSA) is 46.5 Å². The first-order chi connectivity index (χ1) is 15.8. The second kappa shape index (κ2) is 11.5. The minimum Gasteiger partial charge on any atom is -0.512 e. The van der Waals surface area contributed by atoms with E-state index in [1.165, 1.54) is 11.1 Å². The predicted octanol–water partition coefficient (Wildman–Crippen LogP) is 7.82. The maximum absolute atomic E-state index is 13.5. The van der Waals surface area contributed by atoms with Crippen molar-refractivity contribution >= 4 is 5.97 Å². The second-order valence-electron chi connectivity index (χ2n) is 10.1. The van der Waals surface area contributed by atoms with Crippen molar-refractivity contribution in [2.45, 2.75) is 84.7 Å². The number of ether oxygens (including phenoxy) is 1. The number of hydrogen-bond acceptors (Lipinski definition) is 3. The first-order valence-electron chi connectivity index (χ1n) is 12.6. The lowest BCUT2D eigenvalue weighted by Gasteiger charge is -2.39. The van der Waals surface area contributed by atoms with Crippen molar-refractivity contribution in [1.82, 2.24) is 0 Å². The van der Waals surface area contributed by atoms with Crippen LogP contribution >= 0.6 is 0 Å². The Balaban J connectivity index is 1.95. The van der Waals surface area contributed by atoms with Crippen molar-refractivity contribution in [2.75, 3.05) is 0 Å². The van der Waals surface area contributed by atoms with Gasteiger partial charge in [-0.05, 0) is 55.6 Å². The molecule has 3 heteroatoms. The minimum atomic E-state index is -0.798. The molecule has 2 atom stereocenters. The number of rotatable bonds is 11. The van der Waals surface area contributed by atoms with Gasteiger partial charge in [-0.1, -0.05) is 100 Å². The van der Waals surface area contributed by atoms with E-state index in [1.54, 1.807) is 0 Å². The highest BCUT2D eigenvalue weighted by Gasteiger charge is 2.44. The van der Waals surface area contributed by atoms with Crippen LogP contribution in [0.1, 0.15) is 82.4 Å². The molecule has 0 aromatic heterocycles. The Hall–Kier alpha value is -2.55. The highest BCUT2D eigenvalue weighted by Crippen LogP contribution is 2.44. The van der Waals surface area contributed by atoms with Crippen molar-refractivity contribution in [3.63, 3.8) is 0 Å². The molecule has 3 nitrogen and oxygen atoms in total. The molecule has 2 aromatic carbocycles. The Morgan fingerprint density at radius 1 is 1.03 bits per heavy atom. The average molecular weight is 449 g/mol. The van der Waals surface area contributed by atoms with Crippen LogP contribution in [0.25, 0.3) is 0 Å². The van der Waals surface area contributed by atoms with Crippen LogP contribution in [0.3, 0.4) is 0 Å². The van der Waals surface area contributed by atoms with Gasteiger partial charge in [0.25, 0.3) is 0 Å². The SMILES string of the molecule is CCCCCC(Cc1cccc(C)c1)C1=C(O)CC(CCC(C)C)(c2ccccc2)OC1=O. The summed E-state index contributed by atoms with van der Waals surface area (Å²) in [6, 6.07) is 18.4. The maximum atomic E-state index is 13.5. The van der Waals surface area contributed by atoms with Gasteiger partial charge < -0.3 is 9.84 Å². The third kappa shape index (κ3) is 6.50. The summed E-state index contributed by atoms with van der Waals surface area (Å²) < 4.78 is 6.29. The van der Waals surface area contributed by atoms with E-state index in [-0.39, 0.29) is 17.6 Å². The van der Waals surface area contributed by atoms with Crippen LogP contribution in [-0.2, 0) is 21.6 Å². The number of unbranched alkanes of at least 4 members (excludes halogenated alkanes) is 2. The molecule has 3 rings (SSSR count). The molecule has 33 heavy (non-hydrogen) atoms. The van der Waals surface area contributed by atoms with Crippen molar-refractivity contribution in [1.29, 1.82) is 0 Å². The van der Waals surface area contributed by atoms with Crippen LogP contribution in [0.15, 0.2) is 65.9 Å². The number of carbonyl (C=O) groups excluding carboxylic acids is 1. The van der Waals surface area contributed by atoms with E-state index in [2.05, 4.69) is 52.0 Å². The summed E-state index contributed by atoms with van der Waals surface area (Å²) in [6.07, 6.45) is 6.88. The number of aryl methyl sites for hydroxylation is 1. The smallest absolute Gasteiger partial charge is 0.338 e. The summed E-state index contributed by atoms with van der Waals surface area (Å²) in [6.45, 7) is 8.63. The molecule has 0 fully saturated rings. The zero-order valence-electron chi connectivity index (χ0n) is 20.8. The first-order valence-corrected chi connectivity index (χ1v) is 12.6. The Morgan fingerprint density at radius 2 is 1.79 bits per heavy atom. The second-order valence-corrected chi connectivity index (χ2v) is 10.1. The third-order valence-electron chi connectivity index (χ3n) is 6.83. The van der Waals surface area contributed by atoms with Gasteiger partial charge in [-0.15, -0.1) is 0 Å². The summed E-state index contributed by atoms with van der Waals surface area (Å²) in [5.41, 5.74) is 3.06. The van der Waals surface area contributed by atoms with Gasteiger partial charge in [0.1, 0.15) is 11.4 Å². The summed E-state index contributed by atoms with van der Waals surface area (Å²) in [4.78, 5) is 13.5. The van der Waals surface area contributed by atoms with Crippen molar-refractivity contribution in [3.05, 3.63) is 82.6 Å². The molecule has 0 amide bonds. The summed E-state index contributed by atoms with van der Waals surface area (Å²) in [7, 11) is 0. The van der Waals surface area contributed by atoms with Gasteiger partial charge in [-0.3, -0.25) is 0 Å². The van der Waals surface area contributed by atoms with E-state index >= 15 is 0 Å². The van der Waals surface area contributed by atoms with E-state index in [1.807, 2.05) is 30.3 Å². The highest BCUT2D eigenvalue weighted by molar-refractivity contribution is 5.91. The Morgan fingerprint density at radius 3 is 2.42 bits per heavy atom. The molecular formula is C30H40O3. The van der Waals surface area contributed by atoms with E-state index in [9.17, 15) is 9.90 Å². The summed E-state index contributed by atoms with van der Waals surface area (Å²) in [5, 5.41) is 11.3. The number of aliphatic hydroxyl groups excluding tert-OH is 1. The molecule has 0 aliphatic carbocycles. The fraction of sp³-hybridized carbons (Fsp3) is 0.500. The monoisotopic (exact) mass is 448 g/mol. The standard InChI is InChI=1S/C30H40O3/c1-5-6-8-14-25(20-24-13-11-12-23(4)19-24)28-27(31)21-30(33-29(28)32,18-17-22(2)3)26-15-9-7-10-16-26/h7,9-13,15-16,19,22,25,31H,5-6,8,14,17-18,20-21H2,1-4H3. The summed E-state index contributed by atoms with van der Waals surface area (Å²) in [5.74, 6) is 0.318. The van der Waals surface area contributed by atoms with Gasteiger partial charge in [0, 0.05) is 6.42 Å². The molecule has 178 valence electrons. The van der Waals surface area contributed by atoms with Crippen LogP contribution in [0, 0.1) is 18.8 Å². The van der Waals surface area contributed by atoms with Crippen LogP contribution < -0.4 is 0 Å². The number of carbonyl (C=O) groups is 1. The molecule has 0 saturated heterocycles. The first kappa shape index (κ1) is 25.1. The number of aliphatic hydroxyl groups is 1. The quantitative estimate of drug-likeness (QED) is 0.281. The predicted molar refractivity (Wildman–Crippen MR) is 135 cm³/mol. The van der Waals surface area contributed by atoms with Crippen LogP contribution in [0.4, 0.5) is 0 Å². The van der Waals surface area contributed by atoms with Crippen molar-refractivity contribution < 1.29 is 14.6 Å². The molecule has 0 saturated carbocycles. The molecule has 0 bridgehead atoms. The van der Waals surface area contributed by atoms with E-state index < -0.39 is 5.60 Å². The fourth-order valence-electron chi connectivity index (χ4n) is 4.98. The fourth-order valence-corrected chi connectivity index (χ4v) is 4.98. The third-order valence-corrected chi connectivity index (χ3v) is 6.83. The molecule has 2 aromatic rings. The Kier molecular flexibility index (Phi) is 8.77. The molecule has 2 unspecified atom stereocenters. The van der Waals surface area contributed by atoms with Gasteiger partial charge >= 0.3 is 5.97 Å². The number of benzene rings is 2. The highest BCUT2D eigenvalue weighted by atomic mass is 16.6. The van der Waals surface area contributed by atoms with Gasteiger partial charge in [-0.25, -0.2) is 4.79 Å². The lowest BCUT2D eigenvalue weighted by atomic mass is 9.78. The van der Waals surface area contributed by atoms with Crippen LogP contribution in [-0.4, -0.2) is 11.1 Å². The zero-order valence-corrected chi connectivity index (χ0v) is 20.8. The average Bonchev–Trinajstić information content (AvgIpc) is 2.78. The molecule has 0 radical (unpaired) electrons. The summed E-state index contributed by atoms with van der Waals surface area (Å²) >= 11 is 0. The largest absolute Gasteiger partial charge is 0.512 e. The van der Waals surface area contributed by atoms with Gasteiger partial charge in [0.2, 0.25) is 0 Å². The molecule has 1 aliphatic rings. The lowest BCUT2D eigenvalue weighted by molar-refractivity contribution is -0.162. The van der Waals surface area contributed by atoms with E-state index in [4.69, 9.17) is 4.74 Å². The molecular weight excluding hydrogens is 408 g/mol. The normalized spacial score (nSPS) is 19.6. The van der Waals surface area contributed by atoms with Crippen LogP contribution in [0.2, 0.25) is 0 Å². The number of esters is 1. The minimum absolute atomic E-state index is 0.0373. The number of hydrogen-bond donors (Lipinski definition) is 1.